The van der Waals surface area contributed by atoms with E-state index in [1.807, 2.05) is 40.2 Å². The minimum absolute atomic E-state index is 0.682. The van der Waals surface area contributed by atoms with Crippen molar-refractivity contribution in [1.82, 2.24) is 0 Å². The summed E-state index contributed by atoms with van der Waals surface area (Å²) in [5, 5.41) is 14.0. The van der Waals surface area contributed by atoms with Crippen LogP contribution in [0.4, 0.5) is 0 Å². The van der Waals surface area contributed by atoms with Crippen LogP contribution in [0.1, 0.15) is 16.7 Å². The molecule has 1 aromatic heterocycles. The highest BCUT2D eigenvalue weighted by Gasteiger charge is 2.19. The molecule has 156 valence electrons. The summed E-state index contributed by atoms with van der Waals surface area (Å²) in [5.74, 6) is 0. The molecule has 2 nitrogen and oxygen atoms in total. The van der Waals surface area contributed by atoms with Crippen LogP contribution in [0.2, 0.25) is 0 Å². The van der Waals surface area contributed by atoms with E-state index in [-0.39, 0.29) is 0 Å². The quantitative estimate of drug-likeness (QED) is 0.196. The summed E-state index contributed by atoms with van der Waals surface area (Å²) >= 11 is 1.83. The monoisotopic (exact) mass is 440 g/mol. The molecular weight excluding hydrogens is 420 g/mol. The van der Waals surface area contributed by atoms with Crippen LogP contribution < -0.4 is 10.4 Å². The second kappa shape index (κ2) is 7.48. The molecule has 0 spiro atoms. The van der Waals surface area contributed by atoms with Gasteiger partial charge in [0.2, 0.25) is 0 Å². The summed E-state index contributed by atoms with van der Waals surface area (Å²) < 4.78 is 4.54. The van der Waals surface area contributed by atoms with Crippen LogP contribution in [0.3, 0.4) is 0 Å². The highest BCUT2D eigenvalue weighted by molar-refractivity contribution is 7.25. The van der Waals surface area contributed by atoms with E-state index in [1.54, 1.807) is 0 Å². The second-order valence-corrected chi connectivity index (χ2v) is 9.51. The molecule has 0 saturated heterocycles. The van der Waals surface area contributed by atoms with E-state index in [0.29, 0.717) is 5.56 Å². The SMILES string of the molecule is C=[N+]1C=c2ccccc2=C[C-]1c1cc2c(cc1C)[s+][c-]1cc(-c3ccc(C#N)cc3)ccc21. The Morgan fingerprint density at radius 1 is 0.939 bits per heavy atom. The molecule has 1 aliphatic rings. The maximum Gasteiger partial charge on any atom is 0.159 e. The van der Waals surface area contributed by atoms with Gasteiger partial charge in [-0.25, -0.2) is 0 Å². The van der Waals surface area contributed by atoms with Crippen molar-refractivity contribution in [2.45, 2.75) is 6.92 Å². The predicted octanol–water partition coefficient (Wildman–Crippen LogP) is 5.73. The van der Waals surface area contributed by atoms with E-state index in [4.69, 9.17) is 5.26 Å². The molecule has 5 aromatic rings. The molecule has 33 heavy (non-hydrogen) atoms. The summed E-state index contributed by atoms with van der Waals surface area (Å²) in [5.41, 5.74) is 5.43. The highest BCUT2D eigenvalue weighted by Crippen LogP contribution is 2.39. The number of fused-ring (bicyclic) bond motifs is 4. The zero-order valence-electron chi connectivity index (χ0n) is 18.2. The topological polar surface area (TPSA) is 26.8 Å². The molecule has 0 aliphatic carbocycles. The van der Waals surface area contributed by atoms with Crippen LogP contribution in [0.25, 0.3) is 43.6 Å². The van der Waals surface area contributed by atoms with Crippen LogP contribution in [-0.4, -0.2) is 11.3 Å². The lowest BCUT2D eigenvalue weighted by Crippen LogP contribution is -2.33. The van der Waals surface area contributed by atoms with Crippen molar-refractivity contribution >= 4 is 50.5 Å². The van der Waals surface area contributed by atoms with Gasteiger partial charge < -0.3 is 0 Å². The number of hydrogen-bond donors (Lipinski definition) is 0. The Kier molecular flexibility index (Phi) is 4.43. The summed E-state index contributed by atoms with van der Waals surface area (Å²) in [4.78, 5) is 0. The lowest BCUT2D eigenvalue weighted by atomic mass is 9.95. The first-order chi connectivity index (χ1) is 16.1. The Morgan fingerprint density at radius 2 is 1.70 bits per heavy atom. The Hall–Kier alpha value is -4.13. The number of nitriles is 1. The third-order valence-electron chi connectivity index (χ3n) is 6.33. The molecule has 0 saturated carbocycles. The van der Waals surface area contributed by atoms with Gasteiger partial charge in [0, 0.05) is 0 Å². The van der Waals surface area contributed by atoms with E-state index in [1.165, 1.54) is 47.3 Å². The largest absolute Gasteiger partial charge is 0.254 e. The van der Waals surface area contributed by atoms with Crippen molar-refractivity contribution in [2.75, 3.05) is 0 Å². The zero-order valence-corrected chi connectivity index (χ0v) is 19.0. The van der Waals surface area contributed by atoms with Crippen molar-refractivity contribution in [3.05, 3.63) is 112 Å². The molecule has 0 fully saturated rings. The first-order valence-corrected chi connectivity index (χ1v) is 11.7. The Labute approximate surface area is 196 Å². The Balaban J connectivity index is 1.48. The zero-order chi connectivity index (χ0) is 22.5. The normalized spacial score (nSPS) is 12.8. The number of thiophene rings is 1. The Morgan fingerprint density at radius 3 is 2.48 bits per heavy atom. The summed E-state index contributed by atoms with van der Waals surface area (Å²) in [6, 6.07) is 30.7. The van der Waals surface area contributed by atoms with Crippen molar-refractivity contribution in [1.29, 1.82) is 5.26 Å². The number of nitrogens with zero attached hydrogens (tertiary/aromatic N) is 2. The molecule has 0 bridgehead atoms. The van der Waals surface area contributed by atoms with Gasteiger partial charge in [-0.15, -0.1) is 18.2 Å². The standard InChI is InChI=1S/C30H20N2S/c1-19-13-29-27(16-26(19)28-14-22-5-3-4-6-24(22)18-32(28)2)25-12-11-23(15-30(25)33-29)21-9-7-20(17-31)8-10-21/h3-16,18H,2H2,1H3. The average molecular weight is 441 g/mol. The summed E-state index contributed by atoms with van der Waals surface area (Å²) in [6.45, 7) is 6.45. The highest BCUT2D eigenvalue weighted by atomic mass is 32.1. The fourth-order valence-corrected chi connectivity index (χ4v) is 5.80. The molecule has 2 heterocycles. The third kappa shape index (κ3) is 3.24. The van der Waals surface area contributed by atoms with E-state index in [9.17, 15) is 0 Å². The molecule has 6 rings (SSSR count). The molecule has 0 N–H and O–H groups in total. The van der Waals surface area contributed by atoms with Crippen molar-refractivity contribution < 1.29 is 4.58 Å². The van der Waals surface area contributed by atoms with Crippen LogP contribution in [0.5, 0.6) is 0 Å². The first kappa shape index (κ1) is 19.5. The molecular formula is C30H20N2S. The van der Waals surface area contributed by atoms with Crippen LogP contribution >= 0.6 is 11.3 Å². The molecule has 0 amide bonds. The maximum atomic E-state index is 9.06. The van der Waals surface area contributed by atoms with E-state index >= 15 is 0 Å². The van der Waals surface area contributed by atoms with E-state index in [0.717, 1.165) is 11.6 Å². The van der Waals surface area contributed by atoms with Crippen molar-refractivity contribution in [3.8, 4) is 17.2 Å². The first-order valence-electron chi connectivity index (χ1n) is 10.8. The molecule has 4 aromatic carbocycles. The molecule has 0 unspecified atom stereocenters. The van der Waals surface area contributed by atoms with Gasteiger partial charge in [0.25, 0.3) is 0 Å². The molecule has 0 radical (unpaired) electrons. The number of rotatable bonds is 2. The van der Waals surface area contributed by atoms with Gasteiger partial charge in [0.15, 0.2) is 4.70 Å². The van der Waals surface area contributed by atoms with Gasteiger partial charge in [0.1, 0.15) is 28.3 Å². The summed E-state index contributed by atoms with van der Waals surface area (Å²) in [7, 11) is 0. The van der Waals surface area contributed by atoms with Gasteiger partial charge in [-0.2, -0.15) is 5.26 Å². The molecule has 0 atom stereocenters. The van der Waals surface area contributed by atoms with Gasteiger partial charge in [-0.1, -0.05) is 88.1 Å². The van der Waals surface area contributed by atoms with Gasteiger partial charge in [0.05, 0.1) is 18.4 Å². The van der Waals surface area contributed by atoms with Crippen LogP contribution in [-0.2, 0) is 0 Å². The Bertz CT molecular complexity index is 1750. The number of aryl methyl sites for hydroxylation is 1. The molecule has 3 heteroatoms. The summed E-state index contributed by atoms with van der Waals surface area (Å²) in [6.07, 6.45) is 4.33. The van der Waals surface area contributed by atoms with Crippen LogP contribution in [0, 0.1) is 24.3 Å². The van der Waals surface area contributed by atoms with Gasteiger partial charge in [-0.3, -0.25) is 4.58 Å². The van der Waals surface area contributed by atoms with Crippen molar-refractivity contribution in [3.63, 3.8) is 0 Å². The van der Waals surface area contributed by atoms with E-state index < -0.39 is 0 Å². The average Bonchev–Trinajstić information content (AvgIpc) is 3.19. The second-order valence-electron chi connectivity index (χ2n) is 8.42. The van der Waals surface area contributed by atoms with Gasteiger partial charge in [-0.05, 0) is 29.0 Å². The minimum atomic E-state index is 0.682. The van der Waals surface area contributed by atoms with Crippen molar-refractivity contribution in [2.24, 2.45) is 0 Å². The maximum absolute atomic E-state index is 9.06. The smallest absolute Gasteiger partial charge is 0.159 e. The van der Waals surface area contributed by atoms with Crippen LogP contribution in [0.15, 0.2) is 78.9 Å². The molecule has 1 aliphatic heterocycles. The van der Waals surface area contributed by atoms with Gasteiger partial charge >= 0.3 is 0 Å². The lowest BCUT2D eigenvalue weighted by molar-refractivity contribution is -0.376. The number of benzene rings is 4. The lowest BCUT2D eigenvalue weighted by Gasteiger charge is -2.20. The van der Waals surface area contributed by atoms with E-state index in [2.05, 4.69) is 86.6 Å². The number of hydrogen-bond acceptors (Lipinski definition) is 1. The predicted molar refractivity (Wildman–Crippen MR) is 139 cm³/mol. The fraction of sp³-hybridized carbons (Fsp3) is 0.0333. The third-order valence-corrected chi connectivity index (χ3v) is 7.45. The fourth-order valence-electron chi connectivity index (χ4n) is 4.58. The minimum Gasteiger partial charge on any atom is -0.254 e.